The summed E-state index contributed by atoms with van der Waals surface area (Å²) in [6.45, 7) is 3.78. The summed E-state index contributed by atoms with van der Waals surface area (Å²) in [4.78, 5) is 38.9. The van der Waals surface area contributed by atoms with Crippen LogP contribution < -0.4 is 10.6 Å². The van der Waals surface area contributed by atoms with Crippen molar-refractivity contribution in [2.24, 2.45) is 5.11 Å². The van der Waals surface area contributed by atoms with E-state index in [0.717, 1.165) is 22.3 Å². The first-order valence-electron chi connectivity index (χ1n) is 15.4. The lowest BCUT2D eigenvalue weighted by Crippen LogP contribution is -2.41. The standard InChI is InChI=1S/C32H43N5O9/c33-37-35-14-16-43-18-20-45-22-21-44-19-17-42-15-12-30(38)34-13-6-5-11-29(31(39)40)36-32(41)46-23-28-26-9-3-1-7-24(26)25-8-2-4-10-27(25)28/h1-4,7-10,28-29H,5-6,11-23H2,(H,34,38)(H,36,41)(H,39,40)/t29-/m0/s1. The zero-order valence-electron chi connectivity index (χ0n) is 25.9. The number of rotatable bonds is 24. The van der Waals surface area contributed by atoms with Gasteiger partial charge in [-0.25, -0.2) is 9.59 Å². The number of nitrogens with one attached hydrogen (secondary N) is 2. The van der Waals surface area contributed by atoms with Gasteiger partial charge in [-0.05, 0) is 47.0 Å². The molecular weight excluding hydrogens is 598 g/mol. The van der Waals surface area contributed by atoms with Gasteiger partial charge in [0.1, 0.15) is 12.6 Å². The Bertz CT molecular complexity index is 1240. The van der Waals surface area contributed by atoms with Gasteiger partial charge in [0.25, 0.3) is 0 Å². The van der Waals surface area contributed by atoms with Crippen LogP contribution in [-0.2, 0) is 33.3 Å². The van der Waals surface area contributed by atoms with Gasteiger partial charge in [0.05, 0.1) is 52.9 Å². The van der Waals surface area contributed by atoms with Crippen LogP contribution in [0.15, 0.2) is 53.6 Å². The molecule has 0 spiro atoms. The topological polar surface area (TPSA) is 190 Å². The Kier molecular flexibility index (Phi) is 17.0. The summed E-state index contributed by atoms with van der Waals surface area (Å²) >= 11 is 0. The van der Waals surface area contributed by atoms with Crippen LogP contribution in [0.1, 0.15) is 42.7 Å². The van der Waals surface area contributed by atoms with E-state index >= 15 is 0 Å². The molecule has 3 rings (SSSR count). The normalized spacial score (nSPS) is 12.4. The van der Waals surface area contributed by atoms with E-state index in [-0.39, 0.29) is 37.9 Å². The van der Waals surface area contributed by atoms with Crippen molar-refractivity contribution in [2.45, 2.75) is 37.6 Å². The maximum atomic E-state index is 12.5. The van der Waals surface area contributed by atoms with Crippen molar-refractivity contribution in [1.82, 2.24) is 10.6 Å². The molecule has 250 valence electrons. The number of carbonyl (C=O) groups is 3. The zero-order chi connectivity index (χ0) is 32.8. The number of carboxylic acids is 1. The summed E-state index contributed by atoms with van der Waals surface area (Å²) in [7, 11) is 0. The first-order chi connectivity index (χ1) is 22.5. The van der Waals surface area contributed by atoms with Crippen molar-refractivity contribution >= 4 is 18.0 Å². The van der Waals surface area contributed by atoms with Crippen LogP contribution in [-0.4, -0.2) is 102 Å². The van der Waals surface area contributed by atoms with Gasteiger partial charge in [-0.3, -0.25) is 4.79 Å². The number of amides is 2. The molecule has 0 aromatic heterocycles. The van der Waals surface area contributed by atoms with Gasteiger partial charge in [0, 0.05) is 30.3 Å². The molecule has 0 saturated carbocycles. The van der Waals surface area contributed by atoms with E-state index in [0.29, 0.717) is 72.2 Å². The molecule has 46 heavy (non-hydrogen) atoms. The third-order valence-electron chi connectivity index (χ3n) is 7.16. The molecule has 14 heteroatoms. The number of alkyl carbamates (subject to hydrolysis) is 1. The molecule has 0 saturated heterocycles. The highest BCUT2D eigenvalue weighted by molar-refractivity contribution is 5.81. The molecule has 0 aliphatic heterocycles. The molecular formula is C32H43N5O9. The van der Waals surface area contributed by atoms with Crippen molar-refractivity contribution in [2.75, 3.05) is 72.6 Å². The highest BCUT2D eigenvalue weighted by Gasteiger charge is 2.29. The van der Waals surface area contributed by atoms with Gasteiger partial charge in [0.2, 0.25) is 5.91 Å². The molecule has 0 bridgehead atoms. The average molecular weight is 642 g/mol. The molecule has 0 heterocycles. The molecule has 0 radical (unpaired) electrons. The quantitative estimate of drug-likeness (QED) is 0.0657. The number of hydrogen-bond donors (Lipinski definition) is 3. The summed E-state index contributed by atoms with van der Waals surface area (Å²) in [5.74, 6) is -1.42. The van der Waals surface area contributed by atoms with Crippen molar-refractivity contribution in [3.05, 3.63) is 70.1 Å². The molecule has 0 fully saturated rings. The minimum Gasteiger partial charge on any atom is -0.480 e. The number of carboxylic acid groups (broad SMARTS) is 1. The van der Waals surface area contributed by atoms with E-state index in [9.17, 15) is 19.5 Å². The van der Waals surface area contributed by atoms with Gasteiger partial charge in [-0.1, -0.05) is 53.6 Å². The molecule has 2 amide bonds. The van der Waals surface area contributed by atoms with Gasteiger partial charge in [0.15, 0.2) is 0 Å². The smallest absolute Gasteiger partial charge is 0.407 e. The fourth-order valence-corrected chi connectivity index (χ4v) is 4.91. The predicted molar refractivity (Wildman–Crippen MR) is 168 cm³/mol. The highest BCUT2D eigenvalue weighted by atomic mass is 16.6. The summed E-state index contributed by atoms with van der Waals surface area (Å²) < 4.78 is 26.8. The number of ether oxygens (including phenoxy) is 5. The van der Waals surface area contributed by atoms with Crippen LogP contribution in [0, 0.1) is 0 Å². The third kappa shape index (κ3) is 13.0. The largest absolute Gasteiger partial charge is 0.480 e. The SMILES string of the molecule is [N-]=[N+]=NCCOCCOCCOCCOCCC(=O)NCCCC[C@H](NC(=O)OCC1c2ccccc2-c2ccccc21)C(=O)O. The monoisotopic (exact) mass is 641 g/mol. The van der Waals surface area contributed by atoms with Gasteiger partial charge >= 0.3 is 12.1 Å². The molecule has 2 aromatic rings. The van der Waals surface area contributed by atoms with Gasteiger partial charge in [-0.15, -0.1) is 0 Å². The summed E-state index contributed by atoms with van der Waals surface area (Å²) in [6.07, 6.45) is 0.673. The maximum Gasteiger partial charge on any atom is 0.407 e. The predicted octanol–water partition coefficient (Wildman–Crippen LogP) is 4.03. The van der Waals surface area contributed by atoms with Crippen LogP contribution in [0.2, 0.25) is 0 Å². The van der Waals surface area contributed by atoms with Crippen LogP contribution in [0.3, 0.4) is 0 Å². The van der Waals surface area contributed by atoms with E-state index in [1.165, 1.54) is 0 Å². The zero-order valence-corrected chi connectivity index (χ0v) is 25.9. The maximum absolute atomic E-state index is 12.5. The minimum absolute atomic E-state index is 0.101. The van der Waals surface area contributed by atoms with E-state index in [2.05, 4.69) is 20.7 Å². The van der Waals surface area contributed by atoms with E-state index in [1.54, 1.807) is 0 Å². The Morgan fingerprint density at radius 2 is 1.39 bits per heavy atom. The number of carbonyl (C=O) groups excluding carboxylic acids is 2. The number of hydrogen-bond acceptors (Lipinski definition) is 9. The molecule has 2 aromatic carbocycles. The van der Waals surface area contributed by atoms with E-state index in [4.69, 9.17) is 29.2 Å². The highest BCUT2D eigenvalue weighted by Crippen LogP contribution is 2.44. The van der Waals surface area contributed by atoms with Gasteiger partial charge < -0.3 is 39.4 Å². The van der Waals surface area contributed by atoms with Crippen molar-refractivity contribution in [1.29, 1.82) is 0 Å². The van der Waals surface area contributed by atoms with Gasteiger partial charge in [-0.2, -0.15) is 0 Å². The van der Waals surface area contributed by atoms with E-state index < -0.39 is 18.1 Å². The number of unbranched alkanes of at least 4 members (excludes halogenated alkanes) is 1. The fraction of sp³-hybridized carbons (Fsp3) is 0.531. The Morgan fingerprint density at radius 1 is 0.826 bits per heavy atom. The fourth-order valence-electron chi connectivity index (χ4n) is 4.91. The molecule has 3 N–H and O–H groups in total. The van der Waals surface area contributed by atoms with Crippen LogP contribution in [0.5, 0.6) is 0 Å². The lowest BCUT2D eigenvalue weighted by Gasteiger charge is -2.17. The molecule has 1 aliphatic rings. The van der Waals surface area contributed by atoms with Crippen LogP contribution in [0.4, 0.5) is 4.79 Å². The number of benzene rings is 2. The minimum atomic E-state index is -1.14. The molecule has 1 aliphatic carbocycles. The second-order valence-electron chi connectivity index (χ2n) is 10.4. The summed E-state index contributed by atoms with van der Waals surface area (Å²) in [6, 6.07) is 14.9. The van der Waals surface area contributed by atoms with Crippen molar-refractivity contribution in [3.63, 3.8) is 0 Å². The Balaban J connectivity index is 1.18. The summed E-state index contributed by atoms with van der Waals surface area (Å²) in [5.41, 5.74) is 12.5. The van der Waals surface area contributed by atoms with E-state index in [1.807, 2.05) is 48.5 Å². The average Bonchev–Trinajstić information content (AvgIpc) is 3.38. The number of nitrogens with zero attached hydrogens (tertiary/aromatic N) is 3. The summed E-state index contributed by atoms with van der Waals surface area (Å²) in [5, 5.41) is 18.2. The molecule has 14 nitrogen and oxygen atoms in total. The molecule has 0 unspecified atom stereocenters. The van der Waals surface area contributed by atoms with Crippen LogP contribution in [0.25, 0.3) is 21.6 Å². The number of aliphatic carboxylic acids is 1. The van der Waals surface area contributed by atoms with Crippen LogP contribution >= 0.6 is 0 Å². The Morgan fingerprint density at radius 3 is 1.98 bits per heavy atom. The lowest BCUT2D eigenvalue weighted by atomic mass is 9.98. The number of azide groups is 1. The first kappa shape index (κ1) is 36.3. The van der Waals surface area contributed by atoms with Crippen molar-refractivity contribution < 1.29 is 43.2 Å². The molecule has 1 atom stereocenters. The van der Waals surface area contributed by atoms with Crippen molar-refractivity contribution in [3.8, 4) is 11.1 Å². The third-order valence-corrected chi connectivity index (χ3v) is 7.16. The Hall–Kier alpha value is -4.20. The second-order valence-corrected chi connectivity index (χ2v) is 10.4. The lowest BCUT2D eigenvalue weighted by molar-refractivity contribution is -0.139. The number of fused-ring (bicyclic) bond motifs is 3. The first-order valence-corrected chi connectivity index (χ1v) is 15.4. The Labute approximate surface area is 268 Å². The second kappa shape index (κ2) is 21.5.